The van der Waals surface area contributed by atoms with Crippen molar-refractivity contribution < 1.29 is 23.4 Å². The number of aliphatic hydroxyl groups excluding tert-OH is 1. The van der Waals surface area contributed by atoms with Gasteiger partial charge in [0.05, 0.1) is 6.61 Å². The van der Waals surface area contributed by atoms with E-state index in [0.29, 0.717) is 18.0 Å². The normalized spacial score (nSPS) is 24.5. The summed E-state index contributed by atoms with van der Waals surface area (Å²) >= 11 is 0. The van der Waals surface area contributed by atoms with E-state index in [-0.39, 0.29) is 35.8 Å². The number of fused-ring (bicyclic) bond motifs is 1. The SMILES string of the molecule is C[C@@H]1CN([C@H](C)CO)S(=O)(=O)c2ccc(C#CC(C)(C)O)cc2O[C@@H]1CN(C)CC1CCCC1. The van der Waals surface area contributed by atoms with Crippen molar-refractivity contribution >= 4 is 10.0 Å². The molecule has 1 aliphatic heterocycles. The molecule has 7 nitrogen and oxygen atoms in total. The van der Waals surface area contributed by atoms with E-state index < -0.39 is 21.7 Å². The fourth-order valence-electron chi connectivity index (χ4n) is 4.76. The number of ether oxygens (including phenoxy) is 1. The molecule has 0 spiro atoms. The molecule has 3 atom stereocenters. The van der Waals surface area contributed by atoms with Crippen molar-refractivity contribution in [1.29, 1.82) is 0 Å². The number of aliphatic hydroxyl groups is 2. The lowest BCUT2D eigenvalue weighted by Crippen LogP contribution is -2.49. The summed E-state index contributed by atoms with van der Waals surface area (Å²) < 4.78 is 34.9. The number of hydrogen-bond acceptors (Lipinski definition) is 6. The van der Waals surface area contributed by atoms with Crippen LogP contribution in [0.3, 0.4) is 0 Å². The Kier molecular flexibility index (Phi) is 8.70. The van der Waals surface area contributed by atoms with Crippen molar-refractivity contribution in [2.24, 2.45) is 11.8 Å². The smallest absolute Gasteiger partial charge is 0.247 e. The van der Waals surface area contributed by atoms with Gasteiger partial charge in [0, 0.05) is 37.2 Å². The molecule has 34 heavy (non-hydrogen) atoms. The summed E-state index contributed by atoms with van der Waals surface area (Å²) in [5.74, 6) is 6.57. The minimum Gasteiger partial charge on any atom is -0.487 e. The number of likely N-dealkylation sites (N-methyl/N-ethyl adjacent to an activating group) is 1. The highest BCUT2D eigenvalue weighted by atomic mass is 32.2. The van der Waals surface area contributed by atoms with Crippen LogP contribution in [-0.2, 0) is 10.0 Å². The van der Waals surface area contributed by atoms with Crippen molar-refractivity contribution in [3.63, 3.8) is 0 Å². The summed E-state index contributed by atoms with van der Waals surface area (Å²) in [7, 11) is -1.78. The maximum Gasteiger partial charge on any atom is 0.247 e. The summed E-state index contributed by atoms with van der Waals surface area (Å²) in [5, 5.41) is 19.8. The first-order chi connectivity index (χ1) is 15.9. The van der Waals surface area contributed by atoms with E-state index in [2.05, 4.69) is 23.8 Å². The van der Waals surface area contributed by atoms with Gasteiger partial charge in [0.15, 0.2) is 0 Å². The van der Waals surface area contributed by atoms with E-state index in [9.17, 15) is 18.6 Å². The molecule has 0 radical (unpaired) electrons. The quantitative estimate of drug-likeness (QED) is 0.594. The Bertz CT molecular complexity index is 1000. The van der Waals surface area contributed by atoms with Crippen LogP contribution in [0.25, 0.3) is 0 Å². The Labute approximate surface area is 205 Å². The maximum atomic E-state index is 13.6. The predicted octanol–water partition coefficient (Wildman–Crippen LogP) is 2.70. The maximum absolute atomic E-state index is 13.6. The lowest BCUT2D eigenvalue weighted by molar-refractivity contribution is 0.0712. The highest BCUT2D eigenvalue weighted by molar-refractivity contribution is 7.89. The van der Waals surface area contributed by atoms with Crippen molar-refractivity contribution in [2.45, 2.75) is 76.0 Å². The van der Waals surface area contributed by atoms with E-state index in [1.54, 1.807) is 32.9 Å². The van der Waals surface area contributed by atoms with Crippen molar-refractivity contribution in [2.75, 3.05) is 33.3 Å². The third kappa shape index (κ3) is 6.73. The van der Waals surface area contributed by atoms with Crippen LogP contribution in [0.2, 0.25) is 0 Å². The van der Waals surface area contributed by atoms with Gasteiger partial charge in [0.1, 0.15) is 22.4 Å². The van der Waals surface area contributed by atoms with Crippen LogP contribution in [0.1, 0.15) is 58.9 Å². The molecule has 190 valence electrons. The molecule has 1 aromatic rings. The first-order valence-electron chi connectivity index (χ1n) is 12.3. The van der Waals surface area contributed by atoms with Crippen LogP contribution in [0, 0.1) is 23.7 Å². The van der Waals surface area contributed by atoms with Gasteiger partial charge in [-0.2, -0.15) is 4.31 Å². The molecule has 1 fully saturated rings. The second-order valence-corrected chi connectivity index (χ2v) is 12.4. The van der Waals surface area contributed by atoms with Crippen molar-refractivity contribution in [3.8, 4) is 17.6 Å². The van der Waals surface area contributed by atoms with Crippen LogP contribution in [0.4, 0.5) is 0 Å². The molecule has 1 aliphatic carbocycles. The van der Waals surface area contributed by atoms with E-state index in [4.69, 9.17) is 4.74 Å². The zero-order chi connectivity index (χ0) is 25.1. The van der Waals surface area contributed by atoms with Gasteiger partial charge < -0.3 is 19.8 Å². The molecule has 1 saturated carbocycles. The molecule has 2 N–H and O–H groups in total. The Morgan fingerprint density at radius 3 is 2.56 bits per heavy atom. The van der Waals surface area contributed by atoms with Gasteiger partial charge in [-0.15, -0.1) is 0 Å². The second-order valence-electron chi connectivity index (χ2n) is 10.6. The van der Waals surface area contributed by atoms with Gasteiger partial charge in [-0.25, -0.2) is 8.42 Å². The van der Waals surface area contributed by atoms with Gasteiger partial charge in [0.2, 0.25) is 10.0 Å². The molecule has 2 aliphatic rings. The largest absolute Gasteiger partial charge is 0.487 e. The van der Waals surface area contributed by atoms with E-state index in [0.717, 1.165) is 6.54 Å². The van der Waals surface area contributed by atoms with E-state index in [1.807, 2.05) is 6.92 Å². The molecule has 3 rings (SSSR count). The molecule has 0 amide bonds. The Balaban J connectivity index is 1.98. The molecule has 0 bridgehead atoms. The third-order valence-corrected chi connectivity index (χ3v) is 8.74. The number of hydrogen-bond donors (Lipinski definition) is 2. The van der Waals surface area contributed by atoms with Crippen LogP contribution >= 0.6 is 0 Å². The predicted molar refractivity (Wildman–Crippen MR) is 133 cm³/mol. The molecule has 1 heterocycles. The molecule has 0 unspecified atom stereocenters. The van der Waals surface area contributed by atoms with Gasteiger partial charge in [-0.3, -0.25) is 0 Å². The van der Waals surface area contributed by atoms with Crippen LogP contribution < -0.4 is 4.74 Å². The summed E-state index contributed by atoms with van der Waals surface area (Å²) in [5.41, 5.74) is -0.589. The fraction of sp³-hybridized carbons (Fsp3) is 0.692. The van der Waals surface area contributed by atoms with Gasteiger partial charge in [-0.05, 0) is 64.8 Å². The van der Waals surface area contributed by atoms with Crippen molar-refractivity contribution in [3.05, 3.63) is 23.8 Å². The van der Waals surface area contributed by atoms with E-state index >= 15 is 0 Å². The van der Waals surface area contributed by atoms with Crippen LogP contribution in [-0.4, -0.2) is 78.9 Å². The first-order valence-corrected chi connectivity index (χ1v) is 13.7. The molecular weight excluding hydrogens is 452 g/mol. The molecular formula is C26H40N2O5S. The fourth-order valence-corrected chi connectivity index (χ4v) is 6.59. The number of nitrogens with zero attached hydrogens (tertiary/aromatic N) is 2. The zero-order valence-electron chi connectivity index (χ0n) is 21.1. The van der Waals surface area contributed by atoms with Crippen LogP contribution in [0.15, 0.2) is 23.1 Å². The molecule has 0 saturated heterocycles. The summed E-state index contributed by atoms with van der Waals surface area (Å²) in [6, 6.07) is 4.25. The number of benzene rings is 1. The van der Waals surface area contributed by atoms with Gasteiger partial charge in [0.25, 0.3) is 0 Å². The molecule has 0 aromatic heterocycles. The number of sulfonamides is 1. The lowest BCUT2D eigenvalue weighted by atomic mass is 10.0. The Morgan fingerprint density at radius 1 is 1.26 bits per heavy atom. The Hall–Kier alpha value is -1.63. The standard InChI is InChI=1S/C26H40N2O5S/c1-19-15-28(20(2)18-29)34(31,32)25-11-10-21(12-13-26(3,4)30)14-23(25)33-24(19)17-27(5)16-22-8-6-7-9-22/h10-11,14,19-20,22,24,29-30H,6-9,15-18H2,1-5H3/t19-,20-,24-/m1/s1. The third-order valence-electron chi connectivity index (χ3n) is 6.72. The number of rotatable bonds is 6. The zero-order valence-corrected chi connectivity index (χ0v) is 21.9. The highest BCUT2D eigenvalue weighted by Crippen LogP contribution is 2.34. The lowest BCUT2D eigenvalue weighted by Gasteiger charge is -2.38. The van der Waals surface area contributed by atoms with Crippen LogP contribution in [0.5, 0.6) is 5.75 Å². The monoisotopic (exact) mass is 492 g/mol. The topological polar surface area (TPSA) is 90.3 Å². The van der Waals surface area contributed by atoms with Gasteiger partial charge >= 0.3 is 0 Å². The molecule has 1 aromatic carbocycles. The van der Waals surface area contributed by atoms with Crippen molar-refractivity contribution in [1.82, 2.24) is 9.21 Å². The first kappa shape index (κ1) is 27.0. The summed E-state index contributed by atoms with van der Waals surface area (Å²) in [6.45, 7) is 8.61. The van der Waals surface area contributed by atoms with E-state index in [1.165, 1.54) is 36.1 Å². The average Bonchev–Trinajstić information content (AvgIpc) is 3.26. The minimum atomic E-state index is -3.88. The average molecular weight is 493 g/mol. The highest BCUT2D eigenvalue weighted by Gasteiger charge is 2.38. The second kappa shape index (κ2) is 11.0. The Morgan fingerprint density at radius 2 is 1.94 bits per heavy atom. The minimum absolute atomic E-state index is 0.0805. The van der Waals surface area contributed by atoms with Gasteiger partial charge in [-0.1, -0.05) is 31.6 Å². The summed E-state index contributed by atoms with van der Waals surface area (Å²) in [6.07, 6.45) is 4.88. The summed E-state index contributed by atoms with van der Waals surface area (Å²) in [4.78, 5) is 2.38. The molecule has 8 heteroatoms.